The molecule has 1 heterocycles. The van der Waals surface area contributed by atoms with E-state index in [1.54, 1.807) is 32.6 Å². The van der Waals surface area contributed by atoms with Gasteiger partial charge in [0, 0.05) is 26.4 Å². The molecule has 1 aromatic rings. The third kappa shape index (κ3) is 2.55. The van der Waals surface area contributed by atoms with E-state index in [0.717, 1.165) is 18.5 Å². The Kier molecular flexibility index (Phi) is 3.58. The van der Waals surface area contributed by atoms with Crippen LogP contribution >= 0.6 is 0 Å². The highest BCUT2D eigenvalue weighted by atomic mass is 16.5. The van der Waals surface area contributed by atoms with Crippen LogP contribution in [0.5, 0.6) is 0 Å². The number of methoxy groups -OCH3 is 1. The molecule has 17 heavy (non-hydrogen) atoms. The van der Waals surface area contributed by atoms with Crippen molar-refractivity contribution in [3.63, 3.8) is 0 Å². The van der Waals surface area contributed by atoms with Gasteiger partial charge >= 0.3 is 0 Å². The minimum Gasteiger partial charge on any atom is -0.386 e. The predicted octanol–water partition coefficient (Wildman–Crippen LogP) is 1.03. The van der Waals surface area contributed by atoms with E-state index in [4.69, 9.17) is 4.74 Å². The van der Waals surface area contributed by atoms with E-state index in [9.17, 15) is 4.79 Å². The highest BCUT2D eigenvalue weighted by molar-refractivity contribution is 5.99. The van der Waals surface area contributed by atoms with Gasteiger partial charge < -0.3 is 15.4 Å². The highest BCUT2D eigenvalue weighted by Gasteiger charge is 2.30. The van der Waals surface area contributed by atoms with Crippen molar-refractivity contribution in [3.05, 3.63) is 24.0 Å². The number of aromatic nitrogens is 1. The maximum atomic E-state index is 12.0. The Hall–Kier alpha value is -1.62. The Balaban J connectivity index is 1.96. The molecule has 0 aromatic carbocycles. The summed E-state index contributed by atoms with van der Waals surface area (Å²) in [5.41, 5.74) is 1.37. The van der Waals surface area contributed by atoms with Crippen molar-refractivity contribution in [2.24, 2.45) is 0 Å². The standard InChI is InChI=1S/C12H17N3O2/c1-13-11-7-14-4-3-10(11)12(16)15-8-5-9(6-8)17-2/h3-4,7-9,13H,5-6H2,1-2H3,(H,15,16). The molecule has 5 nitrogen and oxygen atoms in total. The third-order valence-corrected chi connectivity index (χ3v) is 3.10. The van der Waals surface area contributed by atoms with Crippen LogP contribution in [0.1, 0.15) is 23.2 Å². The number of carbonyl (C=O) groups excluding carboxylic acids is 1. The van der Waals surface area contributed by atoms with Crippen molar-refractivity contribution < 1.29 is 9.53 Å². The van der Waals surface area contributed by atoms with E-state index in [0.29, 0.717) is 11.7 Å². The Labute approximate surface area is 101 Å². The topological polar surface area (TPSA) is 63.2 Å². The van der Waals surface area contributed by atoms with Crippen molar-refractivity contribution in [2.45, 2.75) is 25.0 Å². The summed E-state index contributed by atoms with van der Waals surface area (Å²) in [7, 11) is 3.47. The molecule has 5 heteroatoms. The van der Waals surface area contributed by atoms with Crippen molar-refractivity contribution in [2.75, 3.05) is 19.5 Å². The van der Waals surface area contributed by atoms with Crippen LogP contribution in [0.3, 0.4) is 0 Å². The first kappa shape index (κ1) is 11.9. The number of nitrogens with zero attached hydrogens (tertiary/aromatic N) is 1. The molecule has 1 aliphatic rings. The molecule has 0 bridgehead atoms. The lowest BCUT2D eigenvalue weighted by Crippen LogP contribution is -2.47. The molecule has 1 aromatic heterocycles. The lowest BCUT2D eigenvalue weighted by Gasteiger charge is -2.34. The number of ether oxygens (including phenoxy) is 1. The van der Waals surface area contributed by atoms with E-state index in [-0.39, 0.29) is 11.9 Å². The molecule has 0 radical (unpaired) electrons. The van der Waals surface area contributed by atoms with Gasteiger partial charge in [0.15, 0.2) is 0 Å². The van der Waals surface area contributed by atoms with Gasteiger partial charge in [0.25, 0.3) is 5.91 Å². The molecule has 0 spiro atoms. The summed E-state index contributed by atoms with van der Waals surface area (Å²) >= 11 is 0. The molecule has 1 aliphatic carbocycles. The van der Waals surface area contributed by atoms with Crippen molar-refractivity contribution >= 4 is 11.6 Å². The van der Waals surface area contributed by atoms with Gasteiger partial charge in [-0.25, -0.2) is 0 Å². The molecule has 2 rings (SSSR count). The maximum Gasteiger partial charge on any atom is 0.253 e. The van der Waals surface area contributed by atoms with E-state index in [1.807, 2.05) is 0 Å². The van der Waals surface area contributed by atoms with Gasteiger partial charge in [-0.2, -0.15) is 0 Å². The van der Waals surface area contributed by atoms with Crippen LogP contribution in [0.25, 0.3) is 0 Å². The van der Waals surface area contributed by atoms with E-state index >= 15 is 0 Å². The average Bonchev–Trinajstić information content (AvgIpc) is 2.32. The first-order chi connectivity index (χ1) is 8.24. The van der Waals surface area contributed by atoms with Gasteiger partial charge in [0.1, 0.15) is 0 Å². The largest absolute Gasteiger partial charge is 0.386 e. The average molecular weight is 235 g/mol. The second-order valence-corrected chi connectivity index (χ2v) is 4.17. The Morgan fingerprint density at radius 3 is 2.94 bits per heavy atom. The maximum absolute atomic E-state index is 12.0. The lowest BCUT2D eigenvalue weighted by atomic mass is 9.89. The highest BCUT2D eigenvalue weighted by Crippen LogP contribution is 2.23. The zero-order valence-corrected chi connectivity index (χ0v) is 10.1. The van der Waals surface area contributed by atoms with Crippen molar-refractivity contribution in [3.8, 4) is 0 Å². The summed E-state index contributed by atoms with van der Waals surface area (Å²) < 4.78 is 5.17. The lowest BCUT2D eigenvalue weighted by molar-refractivity contribution is 0.0176. The summed E-state index contributed by atoms with van der Waals surface area (Å²) in [4.78, 5) is 16.0. The van der Waals surface area contributed by atoms with Crippen LogP contribution in [0.4, 0.5) is 5.69 Å². The molecule has 0 saturated heterocycles. The van der Waals surface area contributed by atoms with Crippen LogP contribution < -0.4 is 10.6 Å². The number of hydrogen-bond donors (Lipinski definition) is 2. The summed E-state index contributed by atoms with van der Waals surface area (Å²) in [6.07, 6.45) is 5.34. The minimum atomic E-state index is -0.0590. The molecule has 0 unspecified atom stereocenters. The van der Waals surface area contributed by atoms with Crippen molar-refractivity contribution in [1.82, 2.24) is 10.3 Å². The number of pyridine rings is 1. The second-order valence-electron chi connectivity index (χ2n) is 4.17. The second kappa shape index (κ2) is 5.14. The Morgan fingerprint density at radius 2 is 2.29 bits per heavy atom. The van der Waals surface area contributed by atoms with Crippen LogP contribution in [-0.4, -0.2) is 37.2 Å². The number of nitrogens with one attached hydrogen (secondary N) is 2. The fourth-order valence-corrected chi connectivity index (χ4v) is 1.93. The zero-order valence-electron chi connectivity index (χ0n) is 10.1. The molecule has 1 saturated carbocycles. The first-order valence-electron chi connectivity index (χ1n) is 5.70. The molecule has 0 aliphatic heterocycles. The molecular weight excluding hydrogens is 218 g/mol. The number of amides is 1. The van der Waals surface area contributed by atoms with Crippen LogP contribution in [0.15, 0.2) is 18.5 Å². The summed E-state index contributed by atoms with van der Waals surface area (Å²) in [5.74, 6) is -0.0590. The summed E-state index contributed by atoms with van der Waals surface area (Å²) in [6, 6.07) is 1.94. The molecule has 0 atom stereocenters. The van der Waals surface area contributed by atoms with Crippen LogP contribution in [-0.2, 0) is 4.74 Å². The predicted molar refractivity (Wildman–Crippen MR) is 65.1 cm³/mol. The molecular formula is C12H17N3O2. The van der Waals surface area contributed by atoms with Gasteiger partial charge in [0.2, 0.25) is 0 Å². The van der Waals surface area contributed by atoms with Gasteiger partial charge in [-0.1, -0.05) is 0 Å². The number of rotatable bonds is 4. The van der Waals surface area contributed by atoms with Gasteiger partial charge in [-0.15, -0.1) is 0 Å². The Bertz CT molecular complexity index is 402. The zero-order chi connectivity index (χ0) is 12.3. The molecule has 2 N–H and O–H groups in total. The molecule has 1 fully saturated rings. The number of anilines is 1. The molecule has 92 valence electrons. The number of carbonyl (C=O) groups is 1. The van der Waals surface area contributed by atoms with Gasteiger partial charge in [0.05, 0.1) is 23.6 Å². The van der Waals surface area contributed by atoms with Crippen LogP contribution in [0, 0.1) is 0 Å². The number of hydrogen-bond acceptors (Lipinski definition) is 4. The van der Waals surface area contributed by atoms with Crippen LogP contribution in [0.2, 0.25) is 0 Å². The normalized spacial score (nSPS) is 22.7. The molecule has 1 amide bonds. The fraction of sp³-hybridized carbons (Fsp3) is 0.500. The fourth-order valence-electron chi connectivity index (χ4n) is 1.93. The monoisotopic (exact) mass is 235 g/mol. The minimum absolute atomic E-state index is 0.0590. The summed E-state index contributed by atoms with van der Waals surface area (Å²) in [6.45, 7) is 0. The van der Waals surface area contributed by atoms with Gasteiger partial charge in [-0.05, 0) is 18.9 Å². The van der Waals surface area contributed by atoms with E-state index in [2.05, 4.69) is 15.6 Å². The summed E-state index contributed by atoms with van der Waals surface area (Å²) in [5, 5.41) is 5.94. The van der Waals surface area contributed by atoms with Crippen molar-refractivity contribution in [1.29, 1.82) is 0 Å². The quantitative estimate of drug-likeness (QED) is 0.818. The third-order valence-electron chi connectivity index (χ3n) is 3.10. The van der Waals surface area contributed by atoms with E-state index < -0.39 is 0 Å². The Morgan fingerprint density at radius 1 is 1.53 bits per heavy atom. The van der Waals surface area contributed by atoms with E-state index in [1.165, 1.54) is 0 Å². The first-order valence-corrected chi connectivity index (χ1v) is 5.70. The SMILES string of the molecule is CNc1cnccc1C(=O)NC1CC(OC)C1. The smallest absolute Gasteiger partial charge is 0.253 e. The van der Waals surface area contributed by atoms with Gasteiger partial charge in [-0.3, -0.25) is 9.78 Å².